The van der Waals surface area contributed by atoms with Crippen molar-refractivity contribution >= 4 is 43.5 Å². The average molecular weight is 436 g/mol. The highest BCUT2D eigenvalue weighted by Gasteiger charge is 2.17. The van der Waals surface area contributed by atoms with Gasteiger partial charge in [0.1, 0.15) is 5.82 Å². The molecule has 0 spiro atoms. The van der Waals surface area contributed by atoms with E-state index in [0.29, 0.717) is 17.0 Å². The van der Waals surface area contributed by atoms with Gasteiger partial charge in [-0.1, -0.05) is 52.7 Å². The van der Waals surface area contributed by atoms with E-state index in [1.165, 1.54) is 6.07 Å². The lowest BCUT2D eigenvalue weighted by atomic mass is 9.98. The van der Waals surface area contributed by atoms with Crippen molar-refractivity contribution in [2.45, 2.75) is 19.4 Å². The van der Waals surface area contributed by atoms with Gasteiger partial charge in [0.15, 0.2) is 0 Å². The van der Waals surface area contributed by atoms with Gasteiger partial charge >= 0.3 is 0 Å². The molecule has 1 atom stereocenters. The van der Waals surface area contributed by atoms with Gasteiger partial charge in [0.2, 0.25) is 0 Å². The second-order valence-corrected chi connectivity index (χ2v) is 6.84. The molecule has 0 aromatic heterocycles. The Morgan fingerprint density at radius 1 is 1.24 bits per heavy atom. The van der Waals surface area contributed by atoms with Gasteiger partial charge in [0.05, 0.1) is 5.02 Å². The molecular weight excluding hydrogens is 420 g/mol. The fourth-order valence-electron chi connectivity index (χ4n) is 2.24. The fraction of sp³-hybridized carbons (Fsp3) is 0.250. The number of nitrogens with one attached hydrogen (secondary N) is 1. The third-order valence-corrected chi connectivity index (χ3v) is 5.05. The summed E-state index contributed by atoms with van der Waals surface area (Å²) in [6, 6.07) is 10.9. The van der Waals surface area contributed by atoms with E-state index < -0.39 is 0 Å². The summed E-state index contributed by atoms with van der Waals surface area (Å²) in [6.07, 6.45) is 0.545. The molecule has 0 aliphatic rings. The first-order valence-electron chi connectivity index (χ1n) is 6.64. The molecule has 0 saturated heterocycles. The monoisotopic (exact) mass is 433 g/mol. The first-order valence-corrected chi connectivity index (χ1v) is 8.60. The van der Waals surface area contributed by atoms with E-state index in [2.05, 4.69) is 37.2 Å². The van der Waals surface area contributed by atoms with E-state index in [9.17, 15) is 4.39 Å². The van der Waals surface area contributed by atoms with Crippen LogP contribution in [0.5, 0.6) is 0 Å². The topological polar surface area (TPSA) is 12.0 Å². The predicted molar refractivity (Wildman–Crippen MR) is 93.4 cm³/mol. The number of halogens is 4. The van der Waals surface area contributed by atoms with Crippen molar-refractivity contribution in [3.8, 4) is 0 Å². The third kappa shape index (κ3) is 4.28. The van der Waals surface area contributed by atoms with Crippen LogP contribution in [0.2, 0.25) is 5.02 Å². The summed E-state index contributed by atoms with van der Waals surface area (Å²) in [5.74, 6) is -0.210. The molecule has 0 radical (unpaired) electrons. The lowest BCUT2D eigenvalue weighted by Gasteiger charge is -2.20. The number of benzene rings is 2. The second kappa shape index (κ2) is 7.73. The Labute approximate surface area is 146 Å². The Balaban J connectivity index is 2.33. The maximum atomic E-state index is 14.0. The Hall–Kier alpha value is -0.420. The number of likely N-dealkylation sites (N-methyl/N-ethyl adjacent to an activating group) is 1. The van der Waals surface area contributed by atoms with Gasteiger partial charge in [-0.25, -0.2) is 4.39 Å². The van der Waals surface area contributed by atoms with Gasteiger partial charge < -0.3 is 5.32 Å². The van der Waals surface area contributed by atoms with Crippen LogP contribution in [-0.2, 0) is 6.42 Å². The first kappa shape index (κ1) is 16.9. The van der Waals surface area contributed by atoms with E-state index in [4.69, 9.17) is 11.6 Å². The van der Waals surface area contributed by atoms with Crippen LogP contribution in [0.15, 0.2) is 45.3 Å². The Morgan fingerprint density at radius 3 is 2.67 bits per heavy atom. The standard InChI is InChI=1S/C16H15Br2ClFN/c1-2-21-15(12-4-3-5-13(18)16(12)19)8-10-6-7-11(17)9-14(10)20/h3-7,9,15,21H,2,8H2,1H3. The molecule has 0 aliphatic heterocycles. The van der Waals surface area contributed by atoms with Crippen LogP contribution in [0, 0.1) is 5.82 Å². The molecule has 2 rings (SSSR count). The molecular formula is C16H15Br2ClFN. The predicted octanol–water partition coefficient (Wildman–Crippen LogP) is 5.90. The summed E-state index contributed by atoms with van der Waals surface area (Å²) in [5.41, 5.74) is 1.63. The van der Waals surface area contributed by atoms with E-state index >= 15 is 0 Å². The first-order chi connectivity index (χ1) is 10.0. The minimum absolute atomic E-state index is 0.0318. The lowest BCUT2D eigenvalue weighted by Crippen LogP contribution is -2.23. The summed E-state index contributed by atoms with van der Waals surface area (Å²) in [5, 5.41) is 4.04. The van der Waals surface area contributed by atoms with Gasteiger partial charge in [-0.3, -0.25) is 0 Å². The van der Waals surface area contributed by atoms with E-state index in [0.717, 1.165) is 21.1 Å². The number of hydrogen-bond donors (Lipinski definition) is 1. The molecule has 0 fully saturated rings. The van der Waals surface area contributed by atoms with Crippen LogP contribution in [0.1, 0.15) is 24.1 Å². The van der Waals surface area contributed by atoms with E-state index in [1.807, 2.05) is 31.2 Å². The van der Waals surface area contributed by atoms with Crippen LogP contribution >= 0.6 is 43.5 Å². The van der Waals surface area contributed by atoms with E-state index in [-0.39, 0.29) is 11.9 Å². The van der Waals surface area contributed by atoms with Crippen LogP contribution in [0.25, 0.3) is 0 Å². The van der Waals surface area contributed by atoms with Crippen molar-refractivity contribution in [2.24, 2.45) is 0 Å². The molecule has 2 aromatic carbocycles. The molecule has 0 heterocycles. The summed E-state index contributed by atoms with van der Waals surface area (Å²) < 4.78 is 15.6. The van der Waals surface area contributed by atoms with Crippen molar-refractivity contribution < 1.29 is 4.39 Å². The second-order valence-electron chi connectivity index (χ2n) is 4.69. The summed E-state index contributed by atoms with van der Waals surface area (Å²) >= 11 is 13.1. The summed E-state index contributed by atoms with van der Waals surface area (Å²) in [6.45, 7) is 2.81. The minimum atomic E-state index is -0.210. The number of rotatable bonds is 5. The molecule has 112 valence electrons. The van der Waals surface area contributed by atoms with Gasteiger partial charge in [-0.2, -0.15) is 0 Å². The average Bonchev–Trinajstić information content (AvgIpc) is 2.44. The minimum Gasteiger partial charge on any atom is -0.310 e. The molecule has 0 amide bonds. The van der Waals surface area contributed by atoms with E-state index in [1.54, 1.807) is 6.07 Å². The molecule has 0 saturated carbocycles. The zero-order valence-electron chi connectivity index (χ0n) is 11.5. The smallest absolute Gasteiger partial charge is 0.127 e. The van der Waals surface area contributed by atoms with Gasteiger partial charge in [-0.05, 0) is 58.2 Å². The molecule has 0 aliphatic carbocycles. The highest BCUT2D eigenvalue weighted by molar-refractivity contribution is 9.10. The molecule has 2 aromatic rings. The van der Waals surface area contributed by atoms with Gasteiger partial charge in [0.25, 0.3) is 0 Å². The molecule has 1 nitrogen and oxygen atoms in total. The highest BCUT2D eigenvalue weighted by Crippen LogP contribution is 2.32. The number of hydrogen-bond acceptors (Lipinski definition) is 1. The zero-order valence-corrected chi connectivity index (χ0v) is 15.4. The Kier molecular flexibility index (Phi) is 6.23. The van der Waals surface area contributed by atoms with Crippen LogP contribution in [0.4, 0.5) is 4.39 Å². The van der Waals surface area contributed by atoms with Gasteiger partial charge in [0, 0.05) is 15.0 Å². The molecule has 0 bridgehead atoms. The van der Waals surface area contributed by atoms with Crippen LogP contribution in [-0.4, -0.2) is 6.54 Å². The van der Waals surface area contributed by atoms with Crippen LogP contribution in [0.3, 0.4) is 0 Å². The van der Waals surface area contributed by atoms with Gasteiger partial charge in [-0.15, -0.1) is 0 Å². The quantitative estimate of drug-likeness (QED) is 0.617. The Bertz CT molecular complexity index is 634. The zero-order chi connectivity index (χ0) is 15.4. The van der Waals surface area contributed by atoms with Crippen molar-refractivity contribution in [2.75, 3.05) is 6.54 Å². The summed E-state index contributed by atoms with van der Waals surface area (Å²) in [4.78, 5) is 0. The summed E-state index contributed by atoms with van der Waals surface area (Å²) in [7, 11) is 0. The maximum absolute atomic E-state index is 14.0. The van der Waals surface area contributed by atoms with Crippen molar-refractivity contribution in [3.05, 3.63) is 67.3 Å². The third-order valence-electron chi connectivity index (χ3n) is 3.25. The molecule has 1 N–H and O–H groups in total. The van der Waals surface area contributed by atoms with Crippen molar-refractivity contribution in [3.63, 3.8) is 0 Å². The lowest BCUT2D eigenvalue weighted by molar-refractivity contribution is 0.527. The highest BCUT2D eigenvalue weighted by atomic mass is 79.9. The SMILES string of the molecule is CCNC(Cc1ccc(Br)cc1F)c1cccc(Br)c1Cl. The Morgan fingerprint density at radius 2 is 2.00 bits per heavy atom. The molecule has 21 heavy (non-hydrogen) atoms. The maximum Gasteiger partial charge on any atom is 0.127 e. The fourth-order valence-corrected chi connectivity index (χ4v) is 3.21. The van der Waals surface area contributed by atoms with Crippen LogP contribution < -0.4 is 5.32 Å². The largest absolute Gasteiger partial charge is 0.310 e. The van der Waals surface area contributed by atoms with Crippen molar-refractivity contribution in [1.29, 1.82) is 0 Å². The molecule has 5 heteroatoms. The molecule has 1 unspecified atom stereocenters. The van der Waals surface area contributed by atoms with Crippen molar-refractivity contribution in [1.82, 2.24) is 5.32 Å². The normalized spacial score (nSPS) is 12.4.